The van der Waals surface area contributed by atoms with Gasteiger partial charge in [-0.25, -0.2) is 4.79 Å². The van der Waals surface area contributed by atoms with E-state index in [1.54, 1.807) is 9.80 Å². The Bertz CT molecular complexity index is 624. The monoisotopic (exact) mass is 334 g/mol. The molecule has 2 amide bonds. The van der Waals surface area contributed by atoms with Crippen LogP contribution in [0.1, 0.15) is 55.4 Å². The lowest BCUT2D eigenvalue weighted by Crippen LogP contribution is -2.51. The van der Waals surface area contributed by atoms with Crippen molar-refractivity contribution in [2.45, 2.75) is 52.1 Å². The van der Waals surface area contributed by atoms with Crippen LogP contribution < -0.4 is 0 Å². The number of rotatable bonds is 1. The van der Waals surface area contributed by atoms with Gasteiger partial charge in [-0.15, -0.1) is 0 Å². The van der Waals surface area contributed by atoms with E-state index >= 15 is 0 Å². The van der Waals surface area contributed by atoms with Gasteiger partial charge in [0.25, 0.3) is 5.91 Å². The molecule has 1 aliphatic heterocycles. The van der Waals surface area contributed by atoms with Crippen LogP contribution in [0.25, 0.3) is 0 Å². The number of amides is 2. The van der Waals surface area contributed by atoms with Gasteiger partial charge in [-0.05, 0) is 46.5 Å². The summed E-state index contributed by atoms with van der Waals surface area (Å²) in [6.07, 6.45) is 3.84. The molecule has 0 spiro atoms. The van der Waals surface area contributed by atoms with Gasteiger partial charge in [0.05, 0.1) is 0 Å². The quantitative estimate of drug-likeness (QED) is 0.852. The van der Waals surface area contributed by atoms with Gasteiger partial charge in [0.1, 0.15) is 5.60 Å². The maximum Gasteiger partial charge on any atom is 0.410 e. The Balaban J connectivity index is 1.60. The minimum atomic E-state index is -0.502. The highest BCUT2D eigenvalue weighted by molar-refractivity contribution is 5.94. The van der Waals surface area contributed by atoms with Crippen molar-refractivity contribution >= 4 is 12.0 Å². The van der Waals surface area contributed by atoms with E-state index in [0.29, 0.717) is 31.9 Å². The van der Waals surface area contributed by atoms with Crippen molar-refractivity contribution in [2.75, 3.05) is 26.2 Å². The first kappa shape index (κ1) is 16.8. The minimum Gasteiger partial charge on any atom is -0.444 e. The van der Waals surface area contributed by atoms with E-state index in [-0.39, 0.29) is 12.0 Å². The van der Waals surface area contributed by atoms with Crippen LogP contribution in [0.2, 0.25) is 0 Å². The van der Waals surface area contributed by atoms with Crippen molar-refractivity contribution < 1.29 is 14.3 Å². The van der Waals surface area contributed by atoms with Gasteiger partial charge in [-0.3, -0.25) is 9.89 Å². The summed E-state index contributed by atoms with van der Waals surface area (Å²) >= 11 is 0. The molecular formula is C17H26N4O3. The Morgan fingerprint density at radius 3 is 2.33 bits per heavy atom. The first-order valence-electron chi connectivity index (χ1n) is 8.68. The summed E-state index contributed by atoms with van der Waals surface area (Å²) in [5.74, 6) is -0.0294. The molecule has 1 aromatic rings. The molecule has 2 heterocycles. The number of piperazine rings is 1. The largest absolute Gasteiger partial charge is 0.444 e. The molecule has 1 fully saturated rings. The maximum atomic E-state index is 12.7. The zero-order valence-corrected chi connectivity index (χ0v) is 14.7. The van der Waals surface area contributed by atoms with Crippen LogP contribution in [-0.2, 0) is 17.6 Å². The van der Waals surface area contributed by atoms with Crippen molar-refractivity contribution in [1.29, 1.82) is 0 Å². The number of carbonyl (C=O) groups excluding carboxylic acids is 2. The predicted molar refractivity (Wildman–Crippen MR) is 88.9 cm³/mol. The molecule has 0 unspecified atom stereocenters. The first-order valence-corrected chi connectivity index (χ1v) is 8.68. The molecule has 0 aromatic carbocycles. The topological polar surface area (TPSA) is 78.5 Å². The van der Waals surface area contributed by atoms with E-state index in [4.69, 9.17) is 4.74 Å². The Kier molecular flexibility index (Phi) is 4.51. The zero-order chi connectivity index (χ0) is 17.3. The van der Waals surface area contributed by atoms with E-state index in [1.165, 1.54) is 0 Å². The van der Waals surface area contributed by atoms with E-state index in [0.717, 1.165) is 36.9 Å². The molecule has 0 radical (unpaired) electrons. The molecule has 1 aromatic heterocycles. The number of aromatic amines is 1. The molecular weight excluding hydrogens is 308 g/mol. The molecule has 132 valence electrons. The lowest BCUT2D eigenvalue weighted by molar-refractivity contribution is 0.0140. The number of aryl methyl sites for hydroxylation is 1. The Morgan fingerprint density at radius 1 is 1.04 bits per heavy atom. The lowest BCUT2D eigenvalue weighted by Gasteiger charge is -2.35. The fourth-order valence-corrected chi connectivity index (χ4v) is 3.23. The number of ether oxygens (including phenoxy) is 1. The van der Waals surface area contributed by atoms with E-state index in [2.05, 4.69) is 10.2 Å². The van der Waals surface area contributed by atoms with Crippen molar-refractivity contribution in [2.24, 2.45) is 0 Å². The number of H-pyrrole nitrogens is 1. The molecule has 7 nitrogen and oxygen atoms in total. The van der Waals surface area contributed by atoms with Gasteiger partial charge < -0.3 is 14.5 Å². The summed E-state index contributed by atoms with van der Waals surface area (Å²) in [6, 6.07) is 0. The zero-order valence-electron chi connectivity index (χ0n) is 14.7. The second-order valence-electron chi connectivity index (χ2n) is 7.50. The van der Waals surface area contributed by atoms with E-state index < -0.39 is 5.60 Å². The molecule has 2 aliphatic rings. The first-order chi connectivity index (χ1) is 11.3. The van der Waals surface area contributed by atoms with Gasteiger partial charge in [-0.1, -0.05) is 0 Å². The van der Waals surface area contributed by atoms with Gasteiger partial charge >= 0.3 is 6.09 Å². The summed E-state index contributed by atoms with van der Waals surface area (Å²) in [7, 11) is 0. The third kappa shape index (κ3) is 3.55. The van der Waals surface area contributed by atoms with Crippen molar-refractivity contribution in [3.8, 4) is 0 Å². The van der Waals surface area contributed by atoms with Gasteiger partial charge in [0.2, 0.25) is 0 Å². The van der Waals surface area contributed by atoms with Gasteiger partial charge in [-0.2, -0.15) is 5.10 Å². The smallest absolute Gasteiger partial charge is 0.410 e. The van der Waals surface area contributed by atoms with Crippen molar-refractivity contribution in [1.82, 2.24) is 20.0 Å². The highest BCUT2D eigenvalue weighted by atomic mass is 16.6. The fourth-order valence-electron chi connectivity index (χ4n) is 3.23. The van der Waals surface area contributed by atoms with Crippen LogP contribution >= 0.6 is 0 Å². The number of aromatic nitrogens is 2. The van der Waals surface area contributed by atoms with Crippen LogP contribution in [0, 0.1) is 0 Å². The molecule has 1 N–H and O–H groups in total. The molecule has 1 saturated heterocycles. The minimum absolute atomic E-state index is 0.0294. The average Bonchev–Trinajstić information content (AvgIpc) is 2.97. The van der Waals surface area contributed by atoms with Crippen LogP contribution in [0.3, 0.4) is 0 Å². The van der Waals surface area contributed by atoms with Crippen LogP contribution in [0.15, 0.2) is 0 Å². The normalized spacial score (nSPS) is 18.3. The van der Waals surface area contributed by atoms with Crippen molar-refractivity contribution in [3.05, 3.63) is 17.0 Å². The summed E-state index contributed by atoms with van der Waals surface area (Å²) in [4.78, 5) is 28.3. The Hall–Kier alpha value is -2.05. The highest BCUT2D eigenvalue weighted by Crippen LogP contribution is 2.23. The fraction of sp³-hybridized carbons (Fsp3) is 0.706. The SMILES string of the molecule is CC(C)(C)OC(=O)N1CCN(C(=O)c2n[nH]c3c2CCCC3)CC1. The van der Waals surface area contributed by atoms with Gasteiger partial charge in [0, 0.05) is 37.4 Å². The van der Waals surface area contributed by atoms with E-state index in [1.807, 2.05) is 20.8 Å². The second kappa shape index (κ2) is 6.45. The van der Waals surface area contributed by atoms with Crippen LogP contribution in [0.5, 0.6) is 0 Å². The predicted octanol–water partition coefficient (Wildman–Crippen LogP) is 1.98. The molecule has 0 atom stereocenters. The van der Waals surface area contributed by atoms with Crippen molar-refractivity contribution in [3.63, 3.8) is 0 Å². The molecule has 7 heteroatoms. The Labute approximate surface area is 142 Å². The number of hydrogen-bond acceptors (Lipinski definition) is 4. The summed E-state index contributed by atoms with van der Waals surface area (Å²) < 4.78 is 5.39. The second-order valence-corrected chi connectivity index (χ2v) is 7.50. The number of nitrogens with zero attached hydrogens (tertiary/aromatic N) is 3. The third-order valence-electron chi connectivity index (χ3n) is 4.48. The molecule has 24 heavy (non-hydrogen) atoms. The number of hydrogen-bond donors (Lipinski definition) is 1. The highest BCUT2D eigenvalue weighted by Gasteiger charge is 2.30. The number of fused-ring (bicyclic) bond motifs is 1. The summed E-state index contributed by atoms with van der Waals surface area (Å²) in [5, 5.41) is 7.27. The number of carbonyl (C=O) groups is 2. The van der Waals surface area contributed by atoms with E-state index in [9.17, 15) is 9.59 Å². The Morgan fingerprint density at radius 2 is 1.67 bits per heavy atom. The maximum absolute atomic E-state index is 12.7. The molecule has 3 rings (SSSR count). The lowest BCUT2D eigenvalue weighted by atomic mass is 9.95. The summed E-state index contributed by atoms with van der Waals surface area (Å²) in [6.45, 7) is 7.57. The molecule has 0 bridgehead atoms. The average molecular weight is 334 g/mol. The summed E-state index contributed by atoms with van der Waals surface area (Å²) in [5.41, 5.74) is 2.26. The standard InChI is InChI=1S/C17H26N4O3/c1-17(2,3)24-16(23)21-10-8-20(9-11-21)15(22)14-12-6-4-5-7-13(12)18-19-14/h4-11H2,1-3H3,(H,18,19). The molecule has 1 aliphatic carbocycles. The van der Waals surface area contributed by atoms with Gasteiger partial charge in [0.15, 0.2) is 5.69 Å². The molecule has 0 saturated carbocycles. The number of nitrogens with one attached hydrogen (secondary N) is 1. The third-order valence-corrected chi connectivity index (χ3v) is 4.48. The van der Waals surface area contributed by atoms with Crippen LogP contribution in [0.4, 0.5) is 4.79 Å². The van der Waals surface area contributed by atoms with Crippen LogP contribution in [-0.4, -0.2) is 63.8 Å².